The maximum absolute atomic E-state index is 9.39. The van der Waals surface area contributed by atoms with Gasteiger partial charge in [0, 0.05) is 11.1 Å². The fourth-order valence-electron chi connectivity index (χ4n) is 2.19. The predicted octanol–water partition coefficient (Wildman–Crippen LogP) is 0.585. The van der Waals surface area contributed by atoms with Crippen molar-refractivity contribution in [2.45, 2.75) is 19.8 Å². The normalized spacial score (nSPS) is 11.2. The second-order valence-electron chi connectivity index (χ2n) is 3.71. The number of aliphatic hydroxyl groups is 2. The van der Waals surface area contributed by atoms with Gasteiger partial charge in [-0.15, -0.1) is 0 Å². The van der Waals surface area contributed by atoms with E-state index < -0.39 is 0 Å². The molecule has 1 aromatic carbocycles. The summed E-state index contributed by atoms with van der Waals surface area (Å²) in [6.45, 7) is 0.331. The van der Waals surface area contributed by atoms with Crippen LogP contribution in [0.2, 0.25) is 0 Å². The third-order valence-corrected chi connectivity index (χ3v) is 2.88. The summed E-state index contributed by atoms with van der Waals surface area (Å²) in [6, 6.07) is 7.80. The highest BCUT2D eigenvalue weighted by Crippen LogP contribution is 2.26. The monoisotopic (exact) mass is 220 g/mol. The lowest BCUT2D eigenvalue weighted by Gasteiger charge is -2.05. The summed E-state index contributed by atoms with van der Waals surface area (Å²) in [4.78, 5) is 0. The SMILES string of the molecule is NCCc1c(CO)n(CO)c2ccccc12. The van der Waals surface area contributed by atoms with Crippen LogP contribution in [0.5, 0.6) is 0 Å². The minimum absolute atomic E-state index is 0.0788. The first-order valence-electron chi connectivity index (χ1n) is 5.34. The summed E-state index contributed by atoms with van der Waals surface area (Å²) < 4.78 is 1.72. The highest BCUT2D eigenvalue weighted by Gasteiger charge is 2.14. The lowest BCUT2D eigenvalue weighted by Crippen LogP contribution is -2.07. The van der Waals surface area contributed by atoms with E-state index >= 15 is 0 Å². The Balaban J connectivity index is 2.73. The highest BCUT2D eigenvalue weighted by atomic mass is 16.3. The van der Waals surface area contributed by atoms with Crippen LogP contribution < -0.4 is 5.73 Å². The Bertz CT molecular complexity index is 491. The Kier molecular flexibility index (Phi) is 3.24. The third-order valence-electron chi connectivity index (χ3n) is 2.88. The van der Waals surface area contributed by atoms with Crippen LogP contribution in [0.4, 0.5) is 0 Å². The molecule has 0 unspecified atom stereocenters. The second kappa shape index (κ2) is 4.65. The van der Waals surface area contributed by atoms with Crippen molar-refractivity contribution in [1.82, 2.24) is 4.57 Å². The van der Waals surface area contributed by atoms with Crippen molar-refractivity contribution in [2.24, 2.45) is 5.73 Å². The molecule has 4 N–H and O–H groups in total. The second-order valence-corrected chi connectivity index (χ2v) is 3.71. The summed E-state index contributed by atoms with van der Waals surface area (Å²) in [6.07, 6.45) is 0.712. The molecule has 0 bridgehead atoms. The predicted molar refractivity (Wildman–Crippen MR) is 62.8 cm³/mol. The van der Waals surface area contributed by atoms with E-state index in [0.717, 1.165) is 22.2 Å². The van der Waals surface area contributed by atoms with Crippen molar-refractivity contribution in [3.63, 3.8) is 0 Å². The van der Waals surface area contributed by atoms with Gasteiger partial charge in [0.25, 0.3) is 0 Å². The number of aliphatic hydroxyl groups excluding tert-OH is 2. The molecule has 0 fully saturated rings. The van der Waals surface area contributed by atoms with Gasteiger partial charge in [0.1, 0.15) is 6.73 Å². The molecule has 0 radical (unpaired) electrons. The van der Waals surface area contributed by atoms with E-state index in [2.05, 4.69) is 0 Å². The van der Waals surface area contributed by atoms with E-state index in [1.807, 2.05) is 24.3 Å². The number of aromatic nitrogens is 1. The maximum atomic E-state index is 9.39. The third kappa shape index (κ3) is 1.61. The number of para-hydroxylation sites is 1. The Morgan fingerprint density at radius 2 is 1.94 bits per heavy atom. The van der Waals surface area contributed by atoms with Gasteiger partial charge in [0.2, 0.25) is 0 Å². The van der Waals surface area contributed by atoms with Crippen LogP contribution in [0.15, 0.2) is 24.3 Å². The highest BCUT2D eigenvalue weighted by molar-refractivity contribution is 5.85. The van der Waals surface area contributed by atoms with Crippen LogP contribution in [0, 0.1) is 0 Å². The first-order chi connectivity index (χ1) is 7.83. The first-order valence-corrected chi connectivity index (χ1v) is 5.34. The minimum atomic E-state index is -0.124. The molecule has 0 aliphatic heterocycles. The van der Waals surface area contributed by atoms with Gasteiger partial charge in [0.15, 0.2) is 0 Å². The average Bonchev–Trinajstić information content (AvgIpc) is 2.63. The fraction of sp³-hybridized carbons (Fsp3) is 0.333. The Morgan fingerprint density at radius 3 is 2.56 bits per heavy atom. The van der Waals surface area contributed by atoms with Crippen molar-refractivity contribution in [3.05, 3.63) is 35.5 Å². The molecule has 0 spiro atoms. The molecule has 4 nitrogen and oxygen atoms in total. The Morgan fingerprint density at radius 1 is 1.19 bits per heavy atom. The van der Waals surface area contributed by atoms with E-state index in [1.165, 1.54) is 0 Å². The molecular formula is C12H16N2O2. The van der Waals surface area contributed by atoms with Crippen LogP contribution >= 0.6 is 0 Å². The molecule has 16 heavy (non-hydrogen) atoms. The topological polar surface area (TPSA) is 71.4 Å². The van der Waals surface area contributed by atoms with E-state index in [4.69, 9.17) is 5.73 Å². The molecule has 0 saturated carbocycles. The molecule has 2 aromatic rings. The van der Waals surface area contributed by atoms with E-state index in [1.54, 1.807) is 4.57 Å². The molecule has 2 rings (SSSR count). The van der Waals surface area contributed by atoms with Gasteiger partial charge in [-0.25, -0.2) is 0 Å². The van der Waals surface area contributed by atoms with Gasteiger partial charge < -0.3 is 20.5 Å². The van der Waals surface area contributed by atoms with Crippen LogP contribution in [-0.4, -0.2) is 21.3 Å². The molecule has 0 atom stereocenters. The van der Waals surface area contributed by atoms with Gasteiger partial charge in [-0.1, -0.05) is 18.2 Å². The first kappa shape index (κ1) is 11.1. The van der Waals surface area contributed by atoms with Crippen molar-refractivity contribution in [1.29, 1.82) is 0 Å². The van der Waals surface area contributed by atoms with Crippen LogP contribution in [0.1, 0.15) is 11.3 Å². The van der Waals surface area contributed by atoms with Gasteiger partial charge in [0.05, 0.1) is 12.1 Å². The van der Waals surface area contributed by atoms with E-state index in [9.17, 15) is 10.2 Å². The van der Waals surface area contributed by atoms with E-state index in [-0.39, 0.29) is 13.3 Å². The lowest BCUT2D eigenvalue weighted by molar-refractivity contribution is 0.196. The molecule has 86 valence electrons. The lowest BCUT2D eigenvalue weighted by atomic mass is 10.1. The zero-order valence-corrected chi connectivity index (χ0v) is 9.06. The van der Waals surface area contributed by atoms with Gasteiger partial charge in [-0.3, -0.25) is 0 Å². The summed E-state index contributed by atoms with van der Waals surface area (Å²) in [7, 11) is 0. The van der Waals surface area contributed by atoms with Crippen molar-refractivity contribution in [3.8, 4) is 0 Å². The minimum Gasteiger partial charge on any atom is -0.390 e. The van der Waals surface area contributed by atoms with E-state index in [0.29, 0.717) is 13.0 Å². The molecule has 1 heterocycles. The zero-order valence-electron chi connectivity index (χ0n) is 9.06. The molecule has 0 aliphatic carbocycles. The molecule has 1 aromatic heterocycles. The average molecular weight is 220 g/mol. The van der Waals surface area contributed by atoms with Crippen LogP contribution in [0.25, 0.3) is 10.9 Å². The van der Waals surface area contributed by atoms with Gasteiger partial charge >= 0.3 is 0 Å². The molecule has 0 amide bonds. The summed E-state index contributed by atoms with van der Waals surface area (Å²) in [5, 5.41) is 19.8. The molecular weight excluding hydrogens is 204 g/mol. The summed E-state index contributed by atoms with van der Waals surface area (Å²) in [5.74, 6) is 0. The van der Waals surface area contributed by atoms with Crippen molar-refractivity contribution >= 4 is 10.9 Å². The van der Waals surface area contributed by atoms with Crippen molar-refractivity contribution < 1.29 is 10.2 Å². The summed E-state index contributed by atoms with van der Waals surface area (Å²) in [5.41, 5.74) is 8.31. The number of nitrogens with two attached hydrogens (primary N) is 1. The number of fused-ring (bicyclic) bond motifs is 1. The number of hydrogen-bond donors (Lipinski definition) is 3. The number of hydrogen-bond acceptors (Lipinski definition) is 3. The van der Waals surface area contributed by atoms with Gasteiger partial charge in [-0.05, 0) is 24.6 Å². The van der Waals surface area contributed by atoms with Crippen LogP contribution in [-0.2, 0) is 19.8 Å². The maximum Gasteiger partial charge on any atom is 0.120 e. The summed E-state index contributed by atoms with van der Waals surface area (Å²) >= 11 is 0. The number of benzene rings is 1. The quantitative estimate of drug-likeness (QED) is 0.706. The number of nitrogens with zero attached hydrogens (tertiary/aromatic N) is 1. The Hall–Kier alpha value is -1.36. The Labute approximate surface area is 93.9 Å². The van der Waals surface area contributed by atoms with Crippen LogP contribution in [0.3, 0.4) is 0 Å². The van der Waals surface area contributed by atoms with Crippen molar-refractivity contribution in [2.75, 3.05) is 6.54 Å². The largest absolute Gasteiger partial charge is 0.390 e. The standard InChI is InChI=1S/C12H16N2O2/c13-6-5-10-9-3-1-2-4-11(9)14(8-16)12(10)7-15/h1-4,15-16H,5-8,13H2. The molecule has 0 aliphatic rings. The fourth-order valence-corrected chi connectivity index (χ4v) is 2.19. The zero-order chi connectivity index (χ0) is 11.5. The molecule has 4 heteroatoms. The number of rotatable bonds is 4. The molecule has 0 saturated heterocycles. The van der Waals surface area contributed by atoms with Gasteiger partial charge in [-0.2, -0.15) is 0 Å². The smallest absolute Gasteiger partial charge is 0.120 e.